The highest BCUT2D eigenvalue weighted by Crippen LogP contribution is 2.18. The van der Waals surface area contributed by atoms with E-state index in [2.05, 4.69) is 31.3 Å². The fourth-order valence-electron chi connectivity index (χ4n) is 10.7. The first-order valence-corrected chi connectivity index (χ1v) is 34.1. The third-order valence-electron chi connectivity index (χ3n) is 16.0. The van der Waals surface area contributed by atoms with Crippen molar-refractivity contribution in [1.29, 1.82) is 0 Å². The second-order valence-corrected chi connectivity index (χ2v) is 23.5. The minimum absolute atomic E-state index is 0.0141. The smallest absolute Gasteiger partial charge is 0.305 e. The van der Waals surface area contributed by atoms with Crippen molar-refractivity contribution >= 4 is 11.9 Å². The first-order chi connectivity index (χ1) is 37.0. The molecule has 444 valence electrons. The molecule has 0 aromatic heterocycles. The van der Waals surface area contributed by atoms with E-state index < -0.39 is 12.1 Å². The Kier molecular flexibility index (Phi) is 63.4. The maximum atomic E-state index is 12.5. The van der Waals surface area contributed by atoms with Gasteiger partial charge in [0.25, 0.3) is 0 Å². The summed E-state index contributed by atoms with van der Waals surface area (Å²) in [5.41, 5.74) is 0. The highest BCUT2D eigenvalue weighted by molar-refractivity contribution is 5.76. The van der Waals surface area contributed by atoms with Gasteiger partial charge in [0.1, 0.15) is 0 Å². The molecule has 0 heterocycles. The van der Waals surface area contributed by atoms with Crippen molar-refractivity contribution < 1.29 is 24.5 Å². The Morgan fingerprint density at radius 2 is 0.627 bits per heavy atom. The van der Waals surface area contributed by atoms with Crippen LogP contribution >= 0.6 is 0 Å². The summed E-state index contributed by atoms with van der Waals surface area (Å²) in [6.45, 7) is 4.93. The van der Waals surface area contributed by atoms with Gasteiger partial charge in [-0.1, -0.05) is 334 Å². The molecule has 0 saturated carbocycles. The van der Waals surface area contributed by atoms with E-state index in [-0.39, 0.29) is 18.5 Å². The normalized spacial score (nSPS) is 12.6. The predicted octanol–water partition coefficient (Wildman–Crippen LogP) is 21.8. The van der Waals surface area contributed by atoms with Crippen molar-refractivity contribution in [2.24, 2.45) is 0 Å². The monoisotopic (exact) mass is 1060 g/mol. The standard InChI is InChI=1S/C69H133NO5/c1-3-5-7-9-11-13-15-17-19-30-35-39-43-47-51-55-59-63-69(74)75-64-60-56-52-48-44-40-36-32-29-27-25-23-21-20-22-24-26-28-31-34-38-42-46-50-54-58-62-68(73)70-66(65-71)67(72)61-57-53-49-45-41-37-33-18-16-14-12-10-8-6-4-2/h17,19,57,61,66-67,71-72H,3-16,18,20-56,58-60,62-65H2,1-2H3,(H,70,73)/b19-17-,61-57+. The molecule has 75 heavy (non-hydrogen) atoms. The quantitative estimate of drug-likeness (QED) is 0.0320. The number of aliphatic hydroxyl groups is 2. The molecule has 0 spiro atoms. The van der Waals surface area contributed by atoms with Crippen LogP contribution in [0.5, 0.6) is 0 Å². The minimum atomic E-state index is -0.842. The van der Waals surface area contributed by atoms with E-state index in [9.17, 15) is 19.8 Å². The Hall–Kier alpha value is -1.66. The molecule has 0 aliphatic rings. The van der Waals surface area contributed by atoms with Gasteiger partial charge in [-0.3, -0.25) is 9.59 Å². The third-order valence-corrected chi connectivity index (χ3v) is 16.0. The van der Waals surface area contributed by atoms with Crippen LogP contribution in [0.15, 0.2) is 24.3 Å². The molecule has 3 N–H and O–H groups in total. The van der Waals surface area contributed by atoms with E-state index in [1.165, 1.54) is 308 Å². The largest absolute Gasteiger partial charge is 0.466 e. The van der Waals surface area contributed by atoms with E-state index >= 15 is 0 Å². The average Bonchev–Trinajstić information content (AvgIpc) is 3.41. The van der Waals surface area contributed by atoms with Gasteiger partial charge in [0.05, 0.1) is 25.4 Å². The van der Waals surface area contributed by atoms with Gasteiger partial charge in [0.15, 0.2) is 0 Å². The van der Waals surface area contributed by atoms with E-state index in [1.54, 1.807) is 6.08 Å². The molecule has 0 aromatic rings. The molecule has 0 fully saturated rings. The summed E-state index contributed by atoms with van der Waals surface area (Å²) in [5.74, 6) is -0.0493. The molecule has 2 unspecified atom stereocenters. The lowest BCUT2D eigenvalue weighted by molar-refractivity contribution is -0.143. The molecule has 0 aliphatic heterocycles. The Labute approximate surface area is 469 Å². The summed E-state index contributed by atoms with van der Waals surface area (Å²) in [7, 11) is 0. The predicted molar refractivity (Wildman–Crippen MR) is 329 cm³/mol. The van der Waals surface area contributed by atoms with E-state index in [4.69, 9.17) is 4.74 Å². The van der Waals surface area contributed by atoms with E-state index in [1.807, 2.05) is 6.08 Å². The highest BCUT2D eigenvalue weighted by Gasteiger charge is 2.18. The molecule has 0 bridgehead atoms. The minimum Gasteiger partial charge on any atom is -0.466 e. The summed E-state index contributed by atoms with van der Waals surface area (Å²) in [5, 5.41) is 23.2. The molecule has 1 amide bonds. The first kappa shape index (κ1) is 73.3. The van der Waals surface area contributed by atoms with Crippen LogP contribution in [0, 0.1) is 0 Å². The third kappa shape index (κ3) is 61.4. The van der Waals surface area contributed by atoms with Crippen LogP contribution in [0.4, 0.5) is 0 Å². The van der Waals surface area contributed by atoms with Crippen LogP contribution in [-0.2, 0) is 14.3 Å². The summed E-state index contributed by atoms with van der Waals surface area (Å²) in [6, 6.07) is -0.626. The molecule has 6 heteroatoms. The van der Waals surface area contributed by atoms with Crippen molar-refractivity contribution in [3.8, 4) is 0 Å². The lowest BCUT2D eigenvalue weighted by Gasteiger charge is -2.20. The van der Waals surface area contributed by atoms with Gasteiger partial charge >= 0.3 is 5.97 Å². The maximum Gasteiger partial charge on any atom is 0.305 e. The molecule has 6 nitrogen and oxygen atoms in total. The van der Waals surface area contributed by atoms with Crippen LogP contribution in [0.2, 0.25) is 0 Å². The number of amides is 1. The molecule has 0 aromatic carbocycles. The maximum absolute atomic E-state index is 12.5. The van der Waals surface area contributed by atoms with Gasteiger partial charge in [0, 0.05) is 12.8 Å². The number of aliphatic hydroxyl groups excluding tert-OH is 2. The fraction of sp³-hybridized carbons (Fsp3) is 0.913. The van der Waals surface area contributed by atoms with Crippen molar-refractivity contribution in [3.05, 3.63) is 24.3 Å². The fourth-order valence-corrected chi connectivity index (χ4v) is 10.7. The molecule has 0 aliphatic carbocycles. The van der Waals surface area contributed by atoms with Gasteiger partial charge in [-0.05, 0) is 57.8 Å². The van der Waals surface area contributed by atoms with Crippen LogP contribution in [-0.4, -0.2) is 47.4 Å². The second-order valence-electron chi connectivity index (χ2n) is 23.5. The van der Waals surface area contributed by atoms with E-state index in [0.29, 0.717) is 19.4 Å². The number of allylic oxidation sites excluding steroid dienone is 3. The van der Waals surface area contributed by atoms with Crippen molar-refractivity contribution in [3.63, 3.8) is 0 Å². The lowest BCUT2D eigenvalue weighted by Crippen LogP contribution is -2.45. The van der Waals surface area contributed by atoms with Crippen LogP contribution < -0.4 is 5.32 Å². The van der Waals surface area contributed by atoms with Gasteiger partial charge < -0.3 is 20.3 Å². The van der Waals surface area contributed by atoms with Crippen molar-refractivity contribution in [2.45, 2.75) is 392 Å². The number of hydrogen-bond donors (Lipinski definition) is 3. The second kappa shape index (κ2) is 64.9. The topological polar surface area (TPSA) is 95.9 Å². The van der Waals surface area contributed by atoms with Crippen molar-refractivity contribution in [1.82, 2.24) is 5.32 Å². The number of hydrogen-bond acceptors (Lipinski definition) is 5. The number of esters is 1. The van der Waals surface area contributed by atoms with Crippen LogP contribution in [0.3, 0.4) is 0 Å². The van der Waals surface area contributed by atoms with E-state index in [0.717, 1.165) is 44.9 Å². The Balaban J connectivity index is 3.36. The number of carbonyl (C=O) groups excluding carboxylic acids is 2. The summed E-state index contributed by atoms with van der Waals surface area (Å²) >= 11 is 0. The Morgan fingerprint density at radius 1 is 0.360 bits per heavy atom. The zero-order valence-electron chi connectivity index (χ0n) is 50.8. The number of unbranched alkanes of at least 4 members (excludes halogenated alkanes) is 51. The summed E-state index contributed by atoms with van der Waals surface area (Å²) in [4.78, 5) is 24.6. The molecule has 2 atom stereocenters. The zero-order valence-corrected chi connectivity index (χ0v) is 50.8. The van der Waals surface area contributed by atoms with Gasteiger partial charge in [-0.15, -0.1) is 0 Å². The number of nitrogens with one attached hydrogen (secondary N) is 1. The number of rotatable bonds is 64. The van der Waals surface area contributed by atoms with Crippen LogP contribution in [0.25, 0.3) is 0 Å². The summed E-state index contributed by atoms with van der Waals surface area (Å²) < 4.78 is 5.50. The molecule has 0 radical (unpaired) electrons. The summed E-state index contributed by atoms with van der Waals surface area (Å²) in [6.07, 6.45) is 81.0. The van der Waals surface area contributed by atoms with Gasteiger partial charge in [-0.25, -0.2) is 0 Å². The zero-order chi connectivity index (χ0) is 54.3. The molecular formula is C69H133NO5. The van der Waals surface area contributed by atoms with Crippen molar-refractivity contribution in [2.75, 3.05) is 13.2 Å². The number of carbonyl (C=O) groups is 2. The first-order valence-electron chi connectivity index (χ1n) is 34.1. The Morgan fingerprint density at radius 3 is 0.947 bits per heavy atom. The van der Waals surface area contributed by atoms with Gasteiger partial charge in [0.2, 0.25) is 5.91 Å². The number of ether oxygens (including phenoxy) is 1. The SMILES string of the molecule is CCCCCCCC/C=C\CCCCCCCCCC(=O)OCCCCCCCCCCCCCCCCCCCCCCCCCCCCC(=O)NC(CO)C(O)/C=C/CCCCCCCCCCCCCCC. The molecular weight excluding hydrogens is 923 g/mol. The highest BCUT2D eigenvalue weighted by atomic mass is 16.5. The average molecular weight is 1060 g/mol. The molecule has 0 rings (SSSR count). The van der Waals surface area contributed by atoms with Gasteiger partial charge in [-0.2, -0.15) is 0 Å². The Bertz CT molecular complexity index is 1170. The van der Waals surface area contributed by atoms with Crippen LogP contribution in [0.1, 0.15) is 380 Å². The lowest BCUT2D eigenvalue weighted by atomic mass is 10.0. The molecule has 0 saturated heterocycles.